The zero-order chi connectivity index (χ0) is 20.3. The molecular weight excluding hydrogens is 399 g/mol. The Morgan fingerprint density at radius 2 is 1.89 bits per heavy atom. The summed E-state index contributed by atoms with van der Waals surface area (Å²) in [4.78, 5) is 12.3. The number of hydrazone groups is 1. The summed E-state index contributed by atoms with van der Waals surface area (Å²) in [5.74, 6) is 0.0121. The standard InChI is InChI=1S/C21H18Cl2N2O3/c1-12(16-9-7-14-5-3-4-6-17(14)20(16)26)24-25-21(27)13(2)28-19-10-8-15(22)11-18(19)23/h3-11,13,26H,1-2H3,(H,25,27). The van der Waals surface area contributed by atoms with Crippen LogP contribution in [0.5, 0.6) is 11.5 Å². The minimum Gasteiger partial charge on any atom is -0.507 e. The van der Waals surface area contributed by atoms with E-state index in [1.165, 1.54) is 6.07 Å². The molecule has 3 aromatic carbocycles. The van der Waals surface area contributed by atoms with E-state index in [4.69, 9.17) is 27.9 Å². The number of hydrogen-bond acceptors (Lipinski definition) is 4. The second kappa shape index (κ2) is 8.50. The quantitative estimate of drug-likeness (QED) is 0.445. The van der Waals surface area contributed by atoms with Gasteiger partial charge in [-0.3, -0.25) is 4.79 Å². The number of ether oxygens (including phenoxy) is 1. The van der Waals surface area contributed by atoms with E-state index in [0.717, 1.165) is 10.8 Å². The van der Waals surface area contributed by atoms with Crippen LogP contribution in [-0.4, -0.2) is 22.8 Å². The predicted molar refractivity (Wildman–Crippen MR) is 113 cm³/mol. The zero-order valence-corrected chi connectivity index (χ0v) is 16.8. The number of phenols is 1. The van der Waals surface area contributed by atoms with Crippen molar-refractivity contribution in [1.29, 1.82) is 0 Å². The van der Waals surface area contributed by atoms with Crippen LogP contribution in [-0.2, 0) is 4.79 Å². The van der Waals surface area contributed by atoms with Gasteiger partial charge in [-0.15, -0.1) is 0 Å². The van der Waals surface area contributed by atoms with E-state index in [1.54, 1.807) is 32.0 Å². The third-order valence-corrected chi connectivity index (χ3v) is 4.72. The molecule has 2 N–H and O–H groups in total. The minimum absolute atomic E-state index is 0.117. The van der Waals surface area contributed by atoms with E-state index in [9.17, 15) is 9.90 Å². The predicted octanol–water partition coefficient (Wildman–Crippen LogP) is 5.16. The number of nitrogens with zero attached hydrogens (tertiary/aromatic N) is 1. The molecule has 0 radical (unpaired) electrons. The first-order valence-corrected chi connectivity index (χ1v) is 9.29. The van der Waals surface area contributed by atoms with Crippen molar-refractivity contribution in [1.82, 2.24) is 5.43 Å². The molecule has 0 saturated heterocycles. The highest BCUT2D eigenvalue weighted by Gasteiger charge is 2.16. The lowest BCUT2D eigenvalue weighted by molar-refractivity contribution is -0.127. The second-order valence-electron chi connectivity index (χ2n) is 6.19. The first-order chi connectivity index (χ1) is 13.4. The lowest BCUT2D eigenvalue weighted by atomic mass is 10.0. The van der Waals surface area contributed by atoms with Crippen molar-refractivity contribution < 1.29 is 14.6 Å². The van der Waals surface area contributed by atoms with Crippen LogP contribution in [0.3, 0.4) is 0 Å². The molecule has 0 aliphatic heterocycles. The van der Waals surface area contributed by atoms with Crippen molar-refractivity contribution in [3.63, 3.8) is 0 Å². The molecular formula is C21H18Cl2N2O3. The monoisotopic (exact) mass is 416 g/mol. The molecule has 0 aliphatic rings. The highest BCUT2D eigenvalue weighted by molar-refractivity contribution is 6.35. The van der Waals surface area contributed by atoms with E-state index >= 15 is 0 Å². The first-order valence-electron chi connectivity index (χ1n) is 8.53. The summed E-state index contributed by atoms with van der Waals surface area (Å²) in [6, 6.07) is 15.9. The van der Waals surface area contributed by atoms with E-state index in [1.807, 2.05) is 30.3 Å². The fraction of sp³-hybridized carbons (Fsp3) is 0.143. The molecule has 144 valence electrons. The van der Waals surface area contributed by atoms with Crippen LogP contribution < -0.4 is 10.2 Å². The van der Waals surface area contributed by atoms with Crippen LogP contribution in [0.15, 0.2) is 59.7 Å². The highest BCUT2D eigenvalue weighted by Crippen LogP contribution is 2.29. The molecule has 7 heteroatoms. The molecule has 0 heterocycles. The summed E-state index contributed by atoms with van der Waals surface area (Å²) in [6.07, 6.45) is -0.833. The van der Waals surface area contributed by atoms with Crippen LogP contribution in [0.2, 0.25) is 10.0 Å². The Bertz CT molecular complexity index is 1070. The largest absolute Gasteiger partial charge is 0.507 e. The van der Waals surface area contributed by atoms with Gasteiger partial charge in [0.15, 0.2) is 6.10 Å². The molecule has 0 aromatic heterocycles. The molecule has 1 atom stereocenters. The number of carbonyl (C=O) groups excluding carboxylic acids is 1. The number of amides is 1. The molecule has 28 heavy (non-hydrogen) atoms. The van der Waals surface area contributed by atoms with E-state index in [-0.39, 0.29) is 5.75 Å². The van der Waals surface area contributed by atoms with Crippen LogP contribution in [0.25, 0.3) is 10.8 Å². The molecule has 0 fully saturated rings. The van der Waals surface area contributed by atoms with Gasteiger partial charge in [0.1, 0.15) is 11.5 Å². The molecule has 0 saturated carbocycles. The Kier molecular flexibility index (Phi) is 6.07. The molecule has 1 unspecified atom stereocenters. The third kappa shape index (κ3) is 4.38. The number of benzene rings is 3. The van der Waals surface area contributed by atoms with E-state index in [2.05, 4.69) is 10.5 Å². The van der Waals surface area contributed by atoms with E-state index < -0.39 is 12.0 Å². The summed E-state index contributed by atoms with van der Waals surface area (Å²) >= 11 is 11.9. The molecule has 1 amide bonds. The van der Waals surface area contributed by atoms with Crippen molar-refractivity contribution >= 4 is 45.6 Å². The van der Waals surface area contributed by atoms with Gasteiger partial charge in [0.25, 0.3) is 5.91 Å². The normalized spacial score (nSPS) is 12.6. The summed E-state index contributed by atoms with van der Waals surface area (Å²) in [5, 5.41) is 17.0. The Balaban J connectivity index is 1.72. The van der Waals surface area contributed by atoms with Gasteiger partial charge in [0.05, 0.1) is 10.7 Å². The van der Waals surface area contributed by atoms with Crippen molar-refractivity contribution in [3.8, 4) is 11.5 Å². The van der Waals surface area contributed by atoms with Gasteiger partial charge in [-0.05, 0) is 43.5 Å². The Morgan fingerprint density at radius 1 is 1.14 bits per heavy atom. The van der Waals surface area contributed by atoms with Crippen LogP contribution in [0, 0.1) is 0 Å². The van der Waals surface area contributed by atoms with Gasteiger partial charge in [-0.2, -0.15) is 5.10 Å². The fourth-order valence-corrected chi connectivity index (χ4v) is 3.10. The fourth-order valence-electron chi connectivity index (χ4n) is 2.65. The SMILES string of the molecule is CC(=NNC(=O)C(C)Oc1ccc(Cl)cc1Cl)c1ccc2ccccc2c1O. The maximum atomic E-state index is 12.3. The van der Waals surface area contributed by atoms with Crippen molar-refractivity contribution in [2.75, 3.05) is 0 Å². The van der Waals surface area contributed by atoms with Gasteiger partial charge in [-0.1, -0.05) is 53.5 Å². The van der Waals surface area contributed by atoms with Crippen molar-refractivity contribution in [3.05, 3.63) is 70.2 Å². The third-order valence-electron chi connectivity index (χ3n) is 4.19. The van der Waals surface area contributed by atoms with Crippen LogP contribution >= 0.6 is 23.2 Å². The summed E-state index contributed by atoms with van der Waals surface area (Å²) < 4.78 is 5.56. The average Bonchev–Trinajstić information content (AvgIpc) is 2.68. The maximum absolute atomic E-state index is 12.3. The number of fused-ring (bicyclic) bond motifs is 1. The smallest absolute Gasteiger partial charge is 0.280 e. The van der Waals surface area contributed by atoms with Gasteiger partial charge in [0.2, 0.25) is 0 Å². The van der Waals surface area contributed by atoms with Crippen molar-refractivity contribution in [2.24, 2.45) is 5.10 Å². The average molecular weight is 417 g/mol. The second-order valence-corrected chi connectivity index (χ2v) is 7.03. The number of aromatic hydroxyl groups is 1. The Labute approximate surface area is 172 Å². The summed E-state index contributed by atoms with van der Waals surface area (Å²) in [5.41, 5.74) is 3.45. The number of hydrogen-bond donors (Lipinski definition) is 2. The number of nitrogens with one attached hydrogen (secondary N) is 1. The number of phenolic OH excluding ortho intramolecular Hbond substituents is 1. The lowest BCUT2D eigenvalue weighted by Gasteiger charge is -2.14. The molecule has 0 spiro atoms. The number of carbonyl (C=O) groups is 1. The molecule has 0 aliphatic carbocycles. The first kappa shape index (κ1) is 20.0. The molecule has 3 rings (SSSR count). The van der Waals surface area contributed by atoms with Gasteiger partial charge in [0, 0.05) is 16.0 Å². The molecule has 0 bridgehead atoms. The van der Waals surface area contributed by atoms with Gasteiger partial charge >= 0.3 is 0 Å². The molecule has 3 aromatic rings. The number of halogens is 2. The Morgan fingerprint density at radius 3 is 2.64 bits per heavy atom. The molecule has 5 nitrogen and oxygen atoms in total. The van der Waals surface area contributed by atoms with E-state index in [0.29, 0.717) is 27.1 Å². The summed E-state index contributed by atoms with van der Waals surface area (Å²) in [7, 11) is 0. The highest BCUT2D eigenvalue weighted by atomic mass is 35.5. The lowest BCUT2D eigenvalue weighted by Crippen LogP contribution is -2.34. The van der Waals surface area contributed by atoms with Crippen LogP contribution in [0.4, 0.5) is 0 Å². The maximum Gasteiger partial charge on any atom is 0.280 e. The Hall–Kier alpha value is -2.76. The van der Waals surface area contributed by atoms with Crippen LogP contribution in [0.1, 0.15) is 19.4 Å². The minimum atomic E-state index is -0.833. The van der Waals surface area contributed by atoms with Crippen molar-refractivity contribution in [2.45, 2.75) is 20.0 Å². The van der Waals surface area contributed by atoms with Gasteiger partial charge < -0.3 is 9.84 Å². The van der Waals surface area contributed by atoms with Gasteiger partial charge in [-0.25, -0.2) is 5.43 Å². The summed E-state index contributed by atoms with van der Waals surface area (Å²) in [6.45, 7) is 3.28. The topological polar surface area (TPSA) is 70.9 Å². The zero-order valence-electron chi connectivity index (χ0n) is 15.2. The number of rotatable bonds is 5.